The summed E-state index contributed by atoms with van der Waals surface area (Å²) in [6.07, 6.45) is 2.59. The molecule has 0 aliphatic rings. The minimum atomic E-state index is -0.176. The molecule has 0 heterocycles. The Morgan fingerprint density at radius 2 is 2.14 bits per heavy atom. The molecule has 0 aromatic carbocycles. The SMILES string of the molecule is CCCC(COC)NCCC(=O)OC. The van der Waals surface area contributed by atoms with Gasteiger partial charge in [-0.2, -0.15) is 0 Å². The first-order chi connectivity index (χ1) is 6.74. The highest BCUT2D eigenvalue weighted by Crippen LogP contribution is 1.97. The van der Waals surface area contributed by atoms with Gasteiger partial charge in [-0.1, -0.05) is 13.3 Å². The Labute approximate surface area is 86.0 Å². The van der Waals surface area contributed by atoms with Crippen molar-refractivity contribution in [2.24, 2.45) is 0 Å². The van der Waals surface area contributed by atoms with E-state index in [4.69, 9.17) is 4.74 Å². The van der Waals surface area contributed by atoms with Crippen LogP contribution in [-0.2, 0) is 14.3 Å². The van der Waals surface area contributed by atoms with E-state index in [1.807, 2.05) is 0 Å². The highest BCUT2D eigenvalue weighted by Gasteiger charge is 2.07. The number of rotatable bonds is 8. The fourth-order valence-corrected chi connectivity index (χ4v) is 1.27. The zero-order valence-electron chi connectivity index (χ0n) is 9.34. The molecule has 0 radical (unpaired) electrons. The normalized spacial score (nSPS) is 12.5. The molecule has 1 N–H and O–H groups in total. The van der Waals surface area contributed by atoms with Crippen LogP contribution in [0.3, 0.4) is 0 Å². The highest BCUT2D eigenvalue weighted by molar-refractivity contribution is 5.69. The summed E-state index contributed by atoms with van der Waals surface area (Å²) in [5.41, 5.74) is 0. The molecule has 0 rings (SSSR count). The standard InChI is InChI=1S/C10H21NO3/c1-4-5-9(8-13-2)11-7-6-10(12)14-3/h9,11H,4-8H2,1-3H3. The van der Waals surface area contributed by atoms with Gasteiger partial charge in [-0.25, -0.2) is 0 Å². The summed E-state index contributed by atoms with van der Waals surface area (Å²) in [6, 6.07) is 0.342. The third kappa shape index (κ3) is 6.86. The lowest BCUT2D eigenvalue weighted by Crippen LogP contribution is -2.34. The highest BCUT2D eigenvalue weighted by atomic mass is 16.5. The number of hydrogen-bond donors (Lipinski definition) is 1. The third-order valence-corrected chi connectivity index (χ3v) is 1.99. The summed E-state index contributed by atoms with van der Waals surface area (Å²) >= 11 is 0. The largest absolute Gasteiger partial charge is 0.469 e. The van der Waals surface area contributed by atoms with E-state index in [1.54, 1.807) is 7.11 Å². The molecule has 0 fully saturated rings. The third-order valence-electron chi connectivity index (χ3n) is 1.99. The van der Waals surface area contributed by atoms with Crippen molar-refractivity contribution in [3.05, 3.63) is 0 Å². The Hall–Kier alpha value is -0.610. The van der Waals surface area contributed by atoms with Crippen LogP contribution < -0.4 is 5.32 Å². The smallest absolute Gasteiger partial charge is 0.306 e. The van der Waals surface area contributed by atoms with Crippen LogP contribution >= 0.6 is 0 Å². The maximum absolute atomic E-state index is 10.8. The van der Waals surface area contributed by atoms with Crippen LogP contribution in [-0.4, -0.2) is 39.4 Å². The number of carbonyl (C=O) groups is 1. The molecule has 1 unspecified atom stereocenters. The summed E-state index contributed by atoms with van der Waals surface area (Å²) in [4.78, 5) is 10.8. The topological polar surface area (TPSA) is 47.6 Å². The van der Waals surface area contributed by atoms with E-state index >= 15 is 0 Å². The second-order valence-electron chi connectivity index (χ2n) is 3.22. The lowest BCUT2D eigenvalue weighted by atomic mass is 10.2. The van der Waals surface area contributed by atoms with Crippen molar-refractivity contribution in [2.45, 2.75) is 32.2 Å². The van der Waals surface area contributed by atoms with Gasteiger partial charge in [0.25, 0.3) is 0 Å². The maximum Gasteiger partial charge on any atom is 0.306 e. The molecule has 4 heteroatoms. The van der Waals surface area contributed by atoms with Gasteiger partial charge < -0.3 is 14.8 Å². The number of methoxy groups -OCH3 is 2. The predicted molar refractivity (Wildman–Crippen MR) is 55.2 cm³/mol. The summed E-state index contributed by atoms with van der Waals surface area (Å²) in [7, 11) is 3.09. The van der Waals surface area contributed by atoms with E-state index < -0.39 is 0 Å². The minimum absolute atomic E-state index is 0.176. The van der Waals surface area contributed by atoms with Crippen molar-refractivity contribution in [2.75, 3.05) is 27.4 Å². The number of carbonyl (C=O) groups excluding carboxylic acids is 1. The second-order valence-corrected chi connectivity index (χ2v) is 3.22. The zero-order valence-corrected chi connectivity index (χ0v) is 9.34. The van der Waals surface area contributed by atoms with E-state index in [2.05, 4.69) is 17.0 Å². The van der Waals surface area contributed by atoms with Crippen molar-refractivity contribution in [3.63, 3.8) is 0 Å². The molecule has 84 valence electrons. The molecule has 0 bridgehead atoms. The Bertz CT molecular complexity index is 144. The Kier molecular flexibility index (Phi) is 8.57. The van der Waals surface area contributed by atoms with Crippen molar-refractivity contribution >= 4 is 5.97 Å². The molecule has 0 aliphatic carbocycles. The maximum atomic E-state index is 10.8. The molecule has 0 aromatic rings. The van der Waals surface area contributed by atoms with Crippen molar-refractivity contribution in [3.8, 4) is 0 Å². The van der Waals surface area contributed by atoms with E-state index in [9.17, 15) is 4.79 Å². The van der Waals surface area contributed by atoms with E-state index in [0.717, 1.165) is 12.8 Å². The van der Waals surface area contributed by atoms with Crippen LogP contribution in [0.15, 0.2) is 0 Å². The van der Waals surface area contributed by atoms with Crippen LogP contribution in [0.25, 0.3) is 0 Å². The first-order valence-electron chi connectivity index (χ1n) is 5.03. The van der Waals surface area contributed by atoms with Gasteiger partial charge in [0.05, 0.1) is 20.1 Å². The van der Waals surface area contributed by atoms with Crippen molar-refractivity contribution < 1.29 is 14.3 Å². The average Bonchev–Trinajstić information content (AvgIpc) is 2.18. The molecular weight excluding hydrogens is 182 g/mol. The summed E-state index contributed by atoms with van der Waals surface area (Å²) in [5.74, 6) is -0.176. The van der Waals surface area contributed by atoms with Crippen LogP contribution in [0.1, 0.15) is 26.2 Å². The molecule has 0 aromatic heterocycles. The monoisotopic (exact) mass is 203 g/mol. The Morgan fingerprint density at radius 1 is 1.43 bits per heavy atom. The van der Waals surface area contributed by atoms with Gasteiger partial charge in [0.1, 0.15) is 0 Å². The van der Waals surface area contributed by atoms with E-state index in [0.29, 0.717) is 25.6 Å². The molecule has 0 saturated carbocycles. The van der Waals surface area contributed by atoms with E-state index in [-0.39, 0.29) is 5.97 Å². The van der Waals surface area contributed by atoms with Crippen LogP contribution in [0, 0.1) is 0 Å². The van der Waals surface area contributed by atoms with Gasteiger partial charge in [0, 0.05) is 19.7 Å². The molecule has 1 atom stereocenters. The second kappa shape index (κ2) is 8.97. The number of esters is 1. The van der Waals surface area contributed by atoms with Gasteiger partial charge in [-0.05, 0) is 6.42 Å². The van der Waals surface area contributed by atoms with Gasteiger partial charge >= 0.3 is 5.97 Å². The molecule has 0 saturated heterocycles. The quantitative estimate of drug-likeness (QED) is 0.597. The fraction of sp³-hybridized carbons (Fsp3) is 0.900. The van der Waals surface area contributed by atoms with Crippen LogP contribution in [0.2, 0.25) is 0 Å². The minimum Gasteiger partial charge on any atom is -0.469 e. The number of nitrogens with one attached hydrogen (secondary N) is 1. The first-order valence-corrected chi connectivity index (χ1v) is 5.03. The van der Waals surface area contributed by atoms with Gasteiger partial charge in [0.15, 0.2) is 0 Å². The number of hydrogen-bond acceptors (Lipinski definition) is 4. The predicted octanol–water partition coefficient (Wildman–Crippen LogP) is 0.954. The van der Waals surface area contributed by atoms with Gasteiger partial charge in [-0.3, -0.25) is 4.79 Å². The van der Waals surface area contributed by atoms with Crippen molar-refractivity contribution in [1.29, 1.82) is 0 Å². The van der Waals surface area contributed by atoms with E-state index in [1.165, 1.54) is 7.11 Å². The van der Waals surface area contributed by atoms with Crippen molar-refractivity contribution in [1.82, 2.24) is 5.32 Å². The Balaban J connectivity index is 3.54. The molecule has 14 heavy (non-hydrogen) atoms. The molecule has 0 amide bonds. The molecule has 0 aliphatic heterocycles. The number of ether oxygens (including phenoxy) is 2. The van der Waals surface area contributed by atoms with Gasteiger partial charge in [-0.15, -0.1) is 0 Å². The first kappa shape index (κ1) is 13.4. The molecule has 4 nitrogen and oxygen atoms in total. The summed E-state index contributed by atoms with van der Waals surface area (Å²) in [5, 5.41) is 3.26. The lowest BCUT2D eigenvalue weighted by Gasteiger charge is -2.16. The summed E-state index contributed by atoms with van der Waals surface area (Å²) < 4.78 is 9.60. The molecule has 0 spiro atoms. The lowest BCUT2D eigenvalue weighted by molar-refractivity contribution is -0.140. The van der Waals surface area contributed by atoms with Crippen LogP contribution in [0.4, 0.5) is 0 Å². The van der Waals surface area contributed by atoms with Gasteiger partial charge in [0.2, 0.25) is 0 Å². The summed E-state index contributed by atoms with van der Waals surface area (Å²) in [6.45, 7) is 3.47. The fourth-order valence-electron chi connectivity index (χ4n) is 1.27. The van der Waals surface area contributed by atoms with Crippen LogP contribution in [0.5, 0.6) is 0 Å². The zero-order chi connectivity index (χ0) is 10.8. The molecular formula is C10H21NO3. The average molecular weight is 203 g/mol. The Morgan fingerprint density at radius 3 is 2.64 bits per heavy atom.